The van der Waals surface area contributed by atoms with E-state index in [1.165, 1.54) is 12.8 Å². The number of rotatable bonds is 15. The zero-order chi connectivity index (χ0) is 21.8. The number of quaternary nitrogens is 2. The molecule has 162 valence electrons. The molecule has 0 amide bonds. The van der Waals surface area contributed by atoms with E-state index < -0.39 is 0 Å². The fourth-order valence-corrected chi connectivity index (χ4v) is 2.67. The van der Waals surface area contributed by atoms with Crippen molar-refractivity contribution in [2.75, 3.05) is 67.6 Å². The van der Waals surface area contributed by atoms with E-state index in [0.717, 1.165) is 48.0 Å². The van der Waals surface area contributed by atoms with Crippen molar-refractivity contribution >= 4 is 11.9 Å². The maximum absolute atomic E-state index is 11.4. The summed E-state index contributed by atoms with van der Waals surface area (Å²) in [6.45, 7) is 15.1. The summed E-state index contributed by atoms with van der Waals surface area (Å²) in [7, 11) is 8.67. The van der Waals surface area contributed by atoms with Crippen LogP contribution in [0.3, 0.4) is 0 Å². The normalized spacial score (nSPS) is 11.8. The van der Waals surface area contributed by atoms with E-state index in [-0.39, 0.29) is 11.9 Å². The molecular weight excluding hydrogens is 356 g/mol. The van der Waals surface area contributed by atoms with Crippen LogP contribution in [0.5, 0.6) is 0 Å². The summed E-state index contributed by atoms with van der Waals surface area (Å²) < 4.78 is 12.1. The molecule has 28 heavy (non-hydrogen) atoms. The fourth-order valence-electron chi connectivity index (χ4n) is 2.67. The summed E-state index contributed by atoms with van der Waals surface area (Å²) >= 11 is 0. The molecule has 0 aliphatic heterocycles. The van der Waals surface area contributed by atoms with E-state index in [0.29, 0.717) is 24.4 Å². The van der Waals surface area contributed by atoms with Gasteiger partial charge in [0.1, 0.15) is 26.3 Å². The Morgan fingerprint density at radius 3 is 1.25 bits per heavy atom. The first-order valence-electron chi connectivity index (χ1n) is 10.2. The lowest BCUT2D eigenvalue weighted by atomic mass is 10.1. The molecule has 0 aromatic heterocycles. The molecule has 0 rings (SSSR count). The monoisotopic (exact) mass is 398 g/mol. The Morgan fingerprint density at radius 1 is 0.643 bits per heavy atom. The van der Waals surface area contributed by atoms with Crippen molar-refractivity contribution in [2.45, 2.75) is 39.5 Å². The lowest BCUT2D eigenvalue weighted by molar-refractivity contribution is -0.891. The van der Waals surface area contributed by atoms with E-state index in [9.17, 15) is 9.59 Å². The molecule has 0 bridgehead atoms. The van der Waals surface area contributed by atoms with Crippen LogP contribution in [0.15, 0.2) is 24.3 Å². The summed E-state index contributed by atoms with van der Waals surface area (Å²) in [6.07, 6.45) is 4.70. The largest absolute Gasteiger partial charge is 0.456 e. The van der Waals surface area contributed by atoms with Gasteiger partial charge in [0.15, 0.2) is 0 Å². The first-order chi connectivity index (χ1) is 12.9. The molecule has 0 saturated heterocycles. The Morgan fingerprint density at radius 2 is 0.964 bits per heavy atom. The third-order valence-electron chi connectivity index (χ3n) is 4.83. The van der Waals surface area contributed by atoms with Gasteiger partial charge in [0.05, 0.1) is 41.3 Å². The second kappa shape index (κ2) is 12.7. The van der Waals surface area contributed by atoms with Crippen LogP contribution in [0.1, 0.15) is 39.5 Å². The summed E-state index contributed by atoms with van der Waals surface area (Å²) in [5.41, 5.74) is 0.890. The molecule has 0 radical (unpaired) electrons. The minimum Gasteiger partial charge on any atom is -0.456 e. The number of ether oxygens (including phenoxy) is 2. The predicted octanol–water partition coefficient (Wildman–Crippen LogP) is 2.94. The topological polar surface area (TPSA) is 52.6 Å². The maximum atomic E-state index is 11.4. The lowest BCUT2D eigenvalue weighted by Gasteiger charge is -2.30. The van der Waals surface area contributed by atoms with Crippen molar-refractivity contribution in [3.05, 3.63) is 24.3 Å². The first-order valence-corrected chi connectivity index (χ1v) is 10.2. The van der Waals surface area contributed by atoms with E-state index in [4.69, 9.17) is 9.47 Å². The Balaban J connectivity index is 3.85. The third-order valence-corrected chi connectivity index (χ3v) is 4.83. The molecule has 0 N–H and O–H groups in total. The number of nitrogens with zero attached hydrogens (tertiary/aromatic N) is 2. The maximum Gasteiger partial charge on any atom is 0.333 e. The number of carbonyl (C=O) groups is 2. The predicted molar refractivity (Wildman–Crippen MR) is 114 cm³/mol. The van der Waals surface area contributed by atoms with Crippen LogP contribution in [0, 0.1) is 0 Å². The fraction of sp³-hybridized carbons (Fsp3) is 0.727. The average Bonchev–Trinajstić information content (AvgIpc) is 2.57. The van der Waals surface area contributed by atoms with Crippen LogP contribution in [-0.4, -0.2) is 88.5 Å². The molecule has 6 heteroatoms. The number of esters is 2. The van der Waals surface area contributed by atoms with Gasteiger partial charge < -0.3 is 18.4 Å². The molecule has 0 atom stereocenters. The minimum absolute atomic E-state index is 0.310. The van der Waals surface area contributed by atoms with Gasteiger partial charge in [-0.15, -0.1) is 0 Å². The highest BCUT2D eigenvalue weighted by atomic mass is 16.5. The van der Waals surface area contributed by atoms with Gasteiger partial charge in [0, 0.05) is 11.1 Å². The standard InChI is InChI=1S/C22H42N2O4/c1-19(2)21(25)27-17-15-23(5,6)13-11-9-10-12-14-24(7,8)16-18-28-22(26)20(3)4/h1,3,9-18H2,2,4-8H3/q+2. The highest BCUT2D eigenvalue weighted by Gasteiger charge is 2.17. The second-order valence-corrected chi connectivity index (χ2v) is 9.01. The second-order valence-electron chi connectivity index (χ2n) is 9.01. The number of hydrogen-bond acceptors (Lipinski definition) is 4. The van der Waals surface area contributed by atoms with Crippen LogP contribution in [0.2, 0.25) is 0 Å². The van der Waals surface area contributed by atoms with Crippen molar-refractivity contribution in [2.24, 2.45) is 0 Å². The summed E-state index contributed by atoms with van der Waals surface area (Å²) in [4.78, 5) is 22.8. The molecule has 0 aliphatic carbocycles. The molecule has 0 fully saturated rings. The Kier molecular flexibility index (Phi) is 12.0. The highest BCUT2D eigenvalue weighted by Crippen LogP contribution is 2.09. The molecular formula is C22H42N2O4+2. The Bertz CT molecular complexity index is 491. The van der Waals surface area contributed by atoms with Crippen LogP contribution in [0.4, 0.5) is 0 Å². The van der Waals surface area contributed by atoms with E-state index in [1.54, 1.807) is 13.8 Å². The quantitative estimate of drug-likeness (QED) is 0.184. The molecule has 0 unspecified atom stereocenters. The van der Waals surface area contributed by atoms with Crippen LogP contribution in [0.25, 0.3) is 0 Å². The van der Waals surface area contributed by atoms with Gasteiger partial charge in [-0.2, -0.15) is 0 Å². The zero-order valence-corrected chi connectivity index (χ0v) is 19.0. The minimum atomic E-state index is -0.310. The summed E-state index contributed by atoms with van der Waals surface area (Å²) in [5.74, 6) is -0.620. The molecule has 0 aliphatic rings. The first kappa shape index (κ1) is 26.3. The SMILES string of the molecule is C=C(C)C(=O)OCC[N+](C)(C)CCCCCC[N+](C)(C)CCOC(=O)C(=C)C. The molecule has 0 aromatic carbocycles. The van der Waals surface area contributed by atoms with Crippen molar-refractivity contribution in [1.82, 2.24) is 0 Å². The van der Waals surface area contributed by atoms with Gasteiger partial charge in [-0.3, -0.25) is 0 Å². The molecule has 0 spiro atoms. The number of likely N-dealkylation sites (N-methyl/N-ethyl adjacent to an activating group) is 2. The molecule has 0 aromatic rings. The van der Waals surface area contributed by atoms with Crippen molar-refractivity contribution in [3.63, 3.8) is 0 Å². The average molecular weight is 399 g/mol. The van der Waals surface area contributed by atoms with Gasteiger partial charge in [-0.1, -0.05) is 13.2 Å². The summed E-state index contributed by atoms with van der Waals surface area (Å²) in [5, 5.41) is 0. The molecule has 0 saturated carbocycles. The van der Waals surface area contributed by atoms with Crippen LogP contribution < -0.4 is 0 Å². The third kappa shape index (κ3) is 13.5. The number of hydrogen-bond donors (Lipinski definition) is 0. The van der Waals surface area contributed by atoms with Gasteiger partial charge in [0.25, 0.3) is 0 Å². The van der Waals surface area contributed by atoms with Gasteiger partial charge in [-0.05, 0) is 39.5 Å². The Hall–Kier alpha value is -1.66. The lowest BCUT2D eigenvalue weighted by Crippen LogP contribution is -2.43. The Labute approximate surface area is 172 Å². The van der Waals surface area contributed by atoms with Crippen LogP contribution in [-0.2, 0) is 19.1 Å². The zero-order valence-electron chi connectivity index (χ0n) is 19.0. The smallest absolute Gasteiger partial charge is 0.333 e. The van der Waals surface area contributed by atoms with Crippen molar-refractivity contribution < 1.29 is 28.0 Å². The molecule has 6 nitrogen and oxygen atoms in total. The number of unbranched alkanes of at least 4 members (excludes halogenated alkanes) is 3. The van der Waals surface area contributed by atoms with Gasteiger partial charge >= 0.3 is 11.9 Å². The van der Waals surface area contributed by atoms with Gasteiger partial charge in [-0.25, -0.2) is 9.59 Å². The van der Waals surface area contributed by atoms with E-state index >= 15 is 0 Å². The number of carbonyl (C=O) groups excluding carboxylic acids is 2. The highest BCUT2D eigenvalue weighted by molar-refractivity contribution is 5.87. The summed E-state index contributed by atoms with van der Waals surface area (Å²) in [6, 6.07) is 0. The van der Waals surface area contributed by atoms with E-state index in [1.807, 2.05) is 0 Å². The van der Waals surface area contributed by atoms with Gasteiger partial charge in [0.2, 0.25) is 0 Å². The van der Waals surface area contributed by atoms with E-state index in [2.05, 4.69) is 41.3 Å². The van der Waals surface area contributed by atoms with Crippen molar-refractivity contribution in [3.8, 4) is 0 Å². The van der Waals surface area contributed by atoms with Crippen molar-refractivity contribution in [1.29, 1.82) is 0 Å². The van der Waals surface area contributed by atoms with Crippen LogP contribution >= 0.6 is 0 Å². The molecule has 0 heterocycles.